The van der Waals surface area contributed by atoms with E-state index in [1.54, 1.807) is 13.3 Å². The number of ketones is 1. The molecule has 4 aliphatic rings. The Morgan fingerprint density at radius 2 is 1.96 bits per heavy atom. The fourth-order valence-electron chi connectivity index (χ4n) is 7.79. The number of aromatic nitrogens is 1. The van der Waals surface area contributed by atoms with Crippen molar-refractivity contribution in [2.24, 2.45) is 34.5 Å². The SMILES string of the molecule is COc1cncc(C2=CCC3C4CC(=O)C5CCCCC5(C)C4CCC23C)c1. The van der Waals surface area contributed by atoms with Gasteiger partial charge in [-0.2, -0.15) is 0 Å². The molecule has 150 valence electrons. The molecule has 0 spiro atoms. The summed E-state index contributed by atoms with van der Waals surface area (Å²) in [6, 6.07) is 2.13. The summed E-state index contributed by atoms with van der Waals surface area (Å²) in [4.78, 5) is 17.6. The van der Waals surface area contributed by atoms with Crippen LogP contribution >= 0.6 is 0 Å². The maximum absolute atomic E-state index is 13.2. The van der Waals surface area contributed by atoms with Crippen molar-refractivity contribution in [2.75, 3.05) is 7.11 Å². The van der Waals surface area contributed by atoms with E-state index in [0.29, 0.717) is 23.5 Å². The third-order valence-corrected chi connectivity index (χ3v) is 9.20. The summed E-state index contributed by atoms with van der Waals surface area (Å²) in [5, 5.41) is 0. The lowest BCUT2D eigenvalue weighted by molar-refractivity contribution is -0.150. The van der Waals surface area contributed by atoms with Crippen LogP contribution in [0.25, 0.3) is 5.57 Å². The highest BCUT2D eigenvalue weighted by molar-refractivity contribution is 5.84. The average Bonchev–Trinajstić information content (AvgIpc) is 3.05. The Hall–Kier alpha value is -1.64. The highest BCUT2D eigenvalue weighted by Gasteiger charge is 2.60. The molecule has 0 aliphatic heterocycles. The predicted molar refractivity (Wildman–Crippen MR) is 111 cm³/mol. The van der Waals surface area contributed by atoms with Gasteiger partial charge in [-0.15, -0.1) is 0 Å². The molecule has 6 atom stereocenters. The van der Waals surface area contributed by atoms with Crippen molar-refractivity contribution in [3.05, 3.63) is 30.1 Å². The molecule has 28 heavy (non-hydrogen) atoms. The van der Waals surface area contributed by atoms with Crippen LogP contribution in [-0.4, -0.2) is 17.9 Å². The number of hydrogen-bond donors (Lipinski definition) is 0. The van der Waals surface area contributed by atoms with Gasteiger partial charge in [0.15, 0.2) is 0 Å². The number of fused-ring (bicyclic) bond motifs is 5. The maximum atomic E-state index is 13.2. The number of allylic oxidation sites excluding steroid dienone is 2. The highest BCUT2D eigenvalue weighted by atomic mass is 16.5. The fourth-order valence-corrected chi connectivity index (χ4v) is 7.79. The maximum Gasteiger partial charge on any atom is 0.137 e. The largest absolute Gasteiger partial charge is 0.495 e. The summed E-state index contributed by atoms with van der Waals surface area (Å²) in [6.07, 6.45) is 15.6. The van der Waals surface area contributed by atoms with Gasteiger partial charge >= 0.3 is 0 Å². The second-order valence-electron chi connectivity index (χ2n) is 10.3. The third-order valence-electron chi connectivity index (χ3n) is 9.20. The zero-order chi connectivity index (χ0) is 19.5. The molecule has 3 nitrogen and oxygen atoms in total. The normalized spacial score (nSPS) is 42.2. The van der Waals surface area contributed by atoms with Crippen molar-refractivity contribution in [1.82, 2.24) is 4.98 Å². The first-order valence-corrected chi connectivity index (χ1v) is 11.2. The van der Waals surface area contributed by atoms with Crippen LogP contribution in [0.4, 0.5) is 0 Å². The minimum Gasteiger partial charge on any atom is -0.495 e. The van der Waals surface area contributed by atoms with Crippen molar-refractivity contribution in [3.63, 3.8) is 0 Å². The second-order valence-corrected chi connectivity index (χ2v) is 10.3. The summed E-state index contributed by atoms with van der Waals surface area (Å²) in [6.45, 7) is 4.91. The van der Waals surface area contributed by atoms with E-state index >= 15 is 0 Å². The van der Waals surface area contributed by atoms with Crippen LogP contribution in [0.15, 0.2) is 24.5 Å². The summed E-state index contributed by atoms with van der Waals surface area (Å²) in [5.74, 6) is 3.61. The van der Waals surface area contributed by atoms with Crippen molar-refractivity contribution in [2.45, 2.75) is 65.2 Å². The Kier molecular flexibility index (Phi) is 4.23. The van der Waals surface area contributed by atoms with Gasteiger partial charge in [-0.05, 0) is 77.9 Å². The highest BCUT2D eigenvalue weighted by Crippen LogP contribution is 2.66. The van der Waals surface area contributed by atoms with Crippen LogP contribution in [-0.2, 0) is 4.79 Å². The quantitative estimate of drug-likeness (QED) is 0.662. The Morgan fingerprint density at radius 3 is 2.79 bits per heavy atom. The minimum atomic E-state index is 0.160. The Bertz CT molecular complexity index is 830. The summed E-state index contributed by atoms with van der Waals surface area (Å²) in [5.41, 5.74) is 3.05. The van der Waals surface area contributed by atoms with E-state index in [-0.39, 0.29) is 10.8 Å². The van der Waals surface area contributed by atoms with Crippen molar-refractivity contribution in [3.8, 4) is 5.75 Å². The van der Waals surface area contributed by atoms with Crippen LogP contribution in [0.2, 0.25) is 0 Å². The van der Waals surface area contributed by atoms with E-state index in [9.17, 15) is 4.79 Å². The minimum absolute atomic E-state index is 0.160. The molecule has 0 radical (unpaired) electrons. The van der Waals surface area contributed by atoms with Crippen molar-refractivity contribution < 1.29 is 9.53 Å². The van der Waals surface area contributed by atoms with Gasteiger partial charge in [0.05, 0.1) is 13.3 Å². The molecule has 5 rings (SSSR count). The zero-order valence-electron chi connectivity index (χ0n) is 17.5. The molecule has 3 saturated carbocycles. The van der Waals surface area contributed by atoms with E-state index in [1.807, 2.05) is 6.20 Å². The number of nitrogens with zero attached hydrogens (tertiary/aromatic N) is 1. The molecule has 3 fully saturated rings. The van der Waals surface area contributed by atoms with E-state index in [2.05, 4.69) is 31.0 Å². The molecule has 0 N–H and O–H groups in total. The summed E-state index contributed by atoms with van der Waals surface area (Å²) < 4.78 is 5.42. The van der Waals surface area contributed by atoms with E-state index in [0.717, 1.165) is 30.9 Å². The fraction of sp³-hybridized carbons (Fsp3) is 0.680. The number of hydrogen-bond acceptors (Lipinski definition) is 3. The number of carbonyl (C=O) groups excluding carboxylic acids is 1. The monoisotopic (exact) mass is 379 g/mol. The molecule has 6 unspecified atom stereocenters. The van der Waals surface area contributed by atoms with Gasteiger partial charge < -0.3 is 4.74 Å². The standard InChI is InChI=1S/C25H33NO2/c1-24-10-5-4-6-22(24)23(27)13-18-20-8-7-19(25(20,2)11-9-21(18)24)16-12-17(28-3)15-26-14-16/h7,12,14-15,18,20-22H,4-6,8-11,13H2,1-3H3. The third kappa shape index (κ3) is 2.47. The lowest BCUT2D eigenvalue weighted by Crippen LogP contribution is -2.55. The summed E-state index contributed by atoms with van der Waals surface area (Å²) >= 11 is 0. The molecule has 0 amide bonds. The topological polar surface area (TPSA) is 39.2 Å². The molecule has 0 saturated heterocycles. The van der Waals surface area contributed by atoms with Gasteiger partial charge in [0.2, 0.25) is 0 Å². The van der Waals surface area contributed by atoms with Gasteiger partial charge in [-0.25, -0.2) is 0 Å². The number of rotatable bonds is 2. The first-order chi connectivity index (χ1) is 13.5. The van der Waals surface area contributed by atoms with E-state index in [1.165, 1.54) is 43.2 Å². The van der Waals surface area contributed by atoms with E-state index in [4.69, 9.17) is 4.74 Å². The van der Waals surface area contributed by atoms with Crippen LogP contribution in [0.3, 0.4) is 0 Å². The lowest BCUT2D eigenvalue weighted by Gasteiger charge is -2.59. The zero-order valence-corrected chi connectivity index (χ0v) is 17.5. The smallest absolute Gasteiger partial charge is 0.137 e. The number of pyridine rings is 1. The second kappa shape index (κ2) is 6.43. The molecule has 4 aliphatic carbocycles. The molecule has 1 aromatic rings. The Balaban J connectivity index is 1.48. The number of ether oxygens (including phenoxy) is 1. The first-order valence-electron chi connectivity index (χ1n) is 11.2. The molecule has 1 heterocycles. The summed E-state index contributed by atoms with van der Waals surface area (Å²) in [7, 11) is 1.70. The van der Waals surface area contributed by atoms with E-state index < -0.39 is 0 Å². The van der Waals surface area contributed by atoms with Crippen molar-refractivity contribution in [1.29, 1.82) is 0 Å². The Labute approximate surface area is 169 Å². The van der Waals surface area contributed by atoms with Crippen LogP contribution < -0.4 is 4.74 Å². The van der Waals surface area contributed by atoms with Crippen LogP contribution in [0, 0.1) is 34.5 Å². The van der Waals surface area contributed by atoms with Gasteiger partial charge in [0, 0.05) is 18.5 Å². The van der Waals surface area contributed by atoms with Crippen LogP contribution in [0.1, 0.15) is 70.8 Å². The first kappa shape index (κ1) is 18.4. The van der Waals surface area contributed by atoms with Gasteiger partial charge in [-0.3, -0.25) is 9.78 Å². The van der Waals surface area contributed by atoms with Gasteiger partial charge in [0.1, 0.15) is 11.5 Å². The lowest BCUT2D eigenvalue weighted by atomic mass is 9.44. The van der Waals surface area contributed by atoms with Gasteiger partial charge in [-0.1, -0.05) is 32.8 Å². The molecular weight excluding hydrogens is 346 g/mol. The number of carbonyl (C=O) groups is 1. The van der Waals surface area contributed by atoms with Crippen molar-refractivity contribution >= 4 is 11.4 Å². The Morgan fingerprint density at radius 1 is 1.11 bits per heavy atom. The number of methoxy groups -OCH3 is 1. The molecule has 3 heteroatoms. The molecule has 0 bridgehead atoms. The molecule has 1 aromatic heterocycles. The number of Topliss-reactive ketones (excluding diaryl/α,β-unsaturated/α-hetero) is 1. The van der Waals surface area contributed by atoms with Gasteiger partial charge in [0.25, 0.3) is 0 Å². The average molecular weight is 380 g/mol. The predicted octanol–water partition coefficient (Wildman–Crippen LogP) is 5.70. The molecule has 0 aromatic carbocycles. The molecular formula is C25H33NO2. The van der Waals surface area contributed by atoms with Crippen LogP contribution in [0.5, 0.6) is 5.75 Å².